The van der Waals surface area contributed by atoms with Crippen molar-refractivity contribution in [2.24, 2.45) is 0 Å². The van der Waals surface area contributed by atoms with Crippen molar-refractivity contribution in [3.63, 3.8) is 0 Å². The summed E-state index contributed by atoms with van der Waals surface area (Å²) in [5, 5.41) is 1.27. The number of hydrogen-bond donors (Lipinski definition) is 1. The van der Waals surface area contributed by atoms with Crippen LogP contribution in [0.1, 0.15) is 12.8 Å². The van der Waals surface area contributed by atoms with Gasteiger partial charge in [0.25, 0.3) is 0 Å². The van der Waals surface area contributed by atoms with Crippen LogP contribution in [0.2, 0.25) is 0 Å². The van der Waals surface area contributed by atoms with Gasteiger partial charge in [0.1, 0.15) is 0 Å². The molecule has 0 radical (unpaired) electrons. The number of para-hydroxylation sites is 1. The van der Waals surface area contributed by atoms with Gasteiger partial charge in [0.2, 0.25) is 0 Å². The monoisotopic (exact) mass is 374 g/mol. The molecule has 4 heteroatoms. The van der Waals surface area contributed by atoms with E-state index in [1.807, 2.05) is 0 Å². The number of hydrogen-bond acceptors (Lipinski definition) is 3. The molecule has 0 aliphatic carbocycles. The van der Waals surface area contributed by atoms with E-state index in [2.05, 4.69) is 81.3 Å². The van der Waals surface area contributed by atoms with Crippen LogP contribution in [0.4, 0.5) is 5.69 Å². The third-order valence-corrected chi connectivity index (χ3v) is 6.57. The first kappa shape index (κ1) is 17.8. The van der Waals surface area contributed by atoms with Crippen molar-refractivity contribution in [3.05, 3.63) is 54.6 Å². The highest BCUT2D eigenvalue weighted by molar-refractivity contribution is 5.86. The van der Waals surface area contributed by atoms with Crippen molar-refractivity contribution < 1.29 is 0 Å². The maximum absolute atomic E-state index is 3.57. The van der Waals surface area contributed by atoms with Gasteiger partial charge in [-0.2, -0.15) is 0 Å². The van der Waals surface area contributed by atoms with Gasteiger partial charge in [-0.05, 0) is 49.7 Å². The zero-order valence-electron chi connectivity index (χ0n) is 16.8. The molecule has 2 fully saturated rings. The Morgan fingerprint density at radius 1 is 0.821 bits per heavy atom. The summed E-state index contributed by atoms with van der Waals surface area (Å²) in [5.41, 5.74) is 5.04. The van der Waals surface area contributed by atoms with Crippen LogP contribution in [0, 0.1) is 0 Å². The molecule has 3 aromatic rings. The van der Waals surface area contributed by atoms with Crippen molar-refractivity contribution in [2.75, 3.05) is 51.2 Å². The summed E-state index contributed by atoms with van der Waals surface area (Å²) in [6.45, 7) is 7.22. The zero-order valence-corrected chi connectivity index (χ0v) is 16.8. The van der Waals surface area contributed by atoms with E-state index in [-0.39, 0.29) is 0 Å². The third-order valence-electron chi connectivity index (χ3n) is 6.57. The lowest BCUT2D eigenvalue weighted by molar-refractivity contribution is 0.0982. The molecule has 1 aromatic heterocycles. The molecule has 2 aliphatic heterocycles. The number of nitrogens with one attached hydrogen (secondary N) is 1. The Morgan fingerprint density at radius 3 is 2.39 bits per heavy atom. The van der Waals surface area contributed by atoms with Crippen molar-refractivity contribution >= 4 is 16.6 Å². The first-order chi connectivity index (χ1) is 13.8. The van der Waals surface area contributed by atoms with Gasteiger partial charge in [-0.15, -0.1) is 0 Å². The maximum atomic E-state index is 3.57. The van der Waals surface area contributed by atoms with Crippen molar-refractivity contribution in [1.29, 1.82) is 0 Å². The molecule has 146 valence electrons. The van der Waals surface area contributed by atoms with Gasteiger partial charge in [-0.3, -0.25) is 4.90 Å². The highest BCUT2D eigenvalue weighted by Gasteiger charge is 2.26. The van der Waals surface area contributed by atoms with Crippen LogP contribution in [0.5, 0.6) is 0 Å². The lowest BCUT2D eigenvalue weighted by Crippen LogP contribution is -2.52. The van der Waals surface area contributed by atoms with Gasteiger partial charge in [-0.25, -0.2) is 0 Å². The van der Waals surface area contributed by atoms with Gasteiger partial charge in [0.15, 0.2) is 0 Å². The van der Waals surface area contributed by atoms with Crippen LogP contribution in [0.15, 0.2) is 54.6 Å². The fourth-order valence-corrected chi connectivity index (χ4v) is 4.78. The van der Waals surface area contributed by atoms with Gasteiger partial charge in [-0.1, -0.05) is 30.3 Å². The Morgan fingerprint density at radius 2 is 1.61 bits per heavy atom. The molecule has 3 heterocycles. The van der Waals surface area contributed by atoms with Gasteiger partial charge in [0.05, 0.1) is 0 Å². The van der Waals surface area contributed by atoms with Crippen molar-refractivity contribution in [1.82, 2.24) is 14.8 Å². The second-order valence-corrected chi connectivity index (χ2v) is 8.38. The molecule has 0 unspecified atom stereocenters. The zero-order chi connectivity index (χ0) is 18.9. The highest BCUT2D eigenvalue weighted by atomic mass is 15.3. The molecular formula is C24H30N4. The molecule has 2 aromatic carbocycles. The van der Waals surface area contributed by atoms with E-state index in [0.717, 1.165) is 19.1 Å². The van der Waals surface area contributed by atoms with Crippen LogP contribution in [-0.4, -0.2) is 67.1 Å². The largest absolute Gasteiger partial charge is 0.371 e. The Bertz CT molecular complexity index is 897. The molecule has 0 spiro atoms. The number of benzene rings is 2. The maximum Gasteiger partial charge on any atom is 0.0465 e. The minimum atomic E-state index is 0.766. The topological polar surface area (TPSA) is 25.5 Å². The van der Waals surface area contributed by atoms with E-state index in [1.165, 1.54) is 66.9 Å². The second-order valence-electron chi connectivity index (χ2n) is 8.38. The summed E-state index contributed by atoms with van der Waals surface area (Å²) in [4.78, 5) is 11.3. The first-order valence-corrected chi connectivity index (χ1v) is 10.6. The lowest BCUT2D eigenvalue weighted by atomic mass is 10.0. The molecule has 0 amide bonds. The van der Waals surface area contributed by atoms with Crippen LogP contribution in [0.25, 0.3) is 22.2 Å². The predicted molar refractivity (Wildman–Crippen MR) is 118 cm³/mol. The fourth-order valence-electron chi connectivity index (χ4n) is 4.78. The van der Waals surface area contributed by atoms with Crippen LogP contribution in [0.3, 0.4) is 0 Å². The average Bonchev–Trinajstić information content (AvgIpc) is 3.19. The van der Waals surface area contributed by atoms with Crippen molar-refractivity contribution in [2.45, 2.75) is 18.9 Å². The van der Waals surface area contributed by atoms with Crippen LogP contribution < -0.4 is 4.90 Å². The van der Waals surface area contributed by atoms with Gasteiger partial charge in [0, 0.05) is 67.6 Å². The van der Waals surface area contributed by atoms with E-state index < -0.39 is 0 Å². The summed E-state index contributed by atoms with van der Waals surface area (Å²) in [6, 6.07) is 20.5. The van der Waals surface area contributed by atoms with Crippen LogP contribution in [-0.2, 0) is 0 Å². The molecule has 4 nitrogen and oxygen atoms in total. The molecule has 0 atom stereocenters. The summed E-state index contributed by atoms with van der Waals surface area (Å²) < 4.78 is 0. The molecule has 5 rings (SSSR count). The molecule has 0 bridgehead atoms. The van der Waals surface area contributed by atoms with Crippen molar-refractivity contribution in [3.8, 4) is 11.3 Å². The summed E-state index contributed by atoms with van der Waals surface area (Å²) in [6.07, 6.45) is 2.56. The number of likely N-dealkylation sites (N-methyl/N-ethyl adjacent to an activating group) is 1. The summed E-state index contributed by atoms with van der Waals surface area (Å²) in [7, 11) is 2.24. The Hall–Kier alpha value is -2.30. The standard InChI is InChI=1S/C24H30N4/c1-26-13-15-28(16-14-26)21-9-11-27(12-10-21)22-7-4-6-19(17-22)24-18-20-5-2-3-8-23(20)25-24/h2-8,17-18,21,25H,9-16H2,1H3. The SMILES string of the molecule is CN1CCN(C2CCN(c3cccc(-c4cc5ccccc5[nH]4)c3)CC2)CC1. The third kappa shape index (κ3) is 3.54. The number of H-pyrrole nitrogens is 1. The Kier molecular flexibility index (Phi) is 4.83. The molecular weight excluding hydrogens is 344 g/mol. The predicted octanol–water partition coefficient (Wildman–Crippen LogP) is 4.05. The van der Waals surface area contributed by atoms with E-state index in [1.54, 1.807) is 0 Å². The second kappa shape index (κ2) is 7.61. The average molecular weight is 375 g/mol. The summed E-state index contributed by atoms with van der Waals surface area (Å²) in [5.74, 6) is 0. The number of piperidine rings is 1. The molecule has 28 heavy (non-hydrogen) atoms. The van der Waals surface area contributed by atoms with Gasteiger partial charge >= 0.3 is 0 Å². The fraction of sp³-hybridized carbons (Fsp3) is 0.417. The highest BCUT2D eigenvalue weighted by Crippen LogP contribution is 2.29. The van der Waals surface area contributed by atoms with Gasteiger partial charge < -0.3 is 14.8 Å². The molecule has 2 saturated heterocycles. The number of fused-ring (bicyclic) bond motifs is 1. The normalized spacial score (nSPS) is 20.1. The number of nitrogens with zero attached hydrogens (tertiary/aromatic N) is 3. The smallest absolute Gasteiger partial charge is 0.0465 e. The van der Waals surface area contributed by atoms with Crippen LogP contribution >= 0.6 is 0 Å². The molecule has 2 aliphatic rings. The number of piperazine rings is 1. The number of aromatic nitrogens is 1. The number of rotatable bonds is 3. The number of aromatic amines is 1. The minimum absolute atomic E-state index is 0.766. The quantitative estimate of drug-likeness (QED) is 0.749. The van der Waals surface area contributed by atoms with E-state index in [9.17, 15) is 0 Å². The first-order valence-electron chi connectivity index (χ1n) is 10.6. The van der Waals surface area contributed by atoms with E-state index >= 15 is 0 Å². The lowest BCUT2D eigenvalue weighted by Gasteiger charge is -2.42. The van der Waals surface area contributed by atoms with E-state index in [4.69, 9.17) is 0 Å². The summed E-state index contributed by atoms with van der Waals surface area (Å²) >= 11 is 0. The molecule has 1 N–H and O–H groups in total. The Balaban J connectivity index is 1.28. The van der Waals surface area contributed by atoms with E-state index in [0.29, 0.717) is 0 Å². The molecule has 0 saturated carbocycles. The minimum Gasteiger partial charge on any atom is -0.371 e. The Labute approximate surface area is 167 Å². The number of anilines is 1.